The van der Waals surface area contributed by atoms with Crippen LogP contribution >= 0.6 is 11.6 Å². The van der Waals surface area contributed by atoms with Crippen molar-refractivity contribution >= 4 is 17.5 Å². The maximum Gasteiger partial charge on any atom is 0.225 e. The molecule has 1 fully saturated rings. The van der Waals surface area contributed by atoms with E-state index in [0.717, 1.165) is 54.3 Å². The van der Waals surface area contributed by atoms with E-state index in [1.807, 2.05) is 29.2 Å². The highest BCUT2D eigenvalue weighted by molar-refractivity contribution is 6.30. The van der Waals surface area contributed by atoms with Crippen molar-refractivity contribution in [2.75, 3.05) is 6.54 Å². The Hall–Kier alpha value is -1.81. The van der Waals surface area contributed by atoms with Gasteiger partial charge in [0.1, 0.15) is 0 Å². The van der Waals surface area contributed by atoms with E-state index in [1.165, 1.54) is 32.1 Å². The van der Waals surface area contributed by atoms with E-state index >= 15 is 0 Å². The Bertz CT molecular complexity index is 807. The van der Waals surface area contributed by atoms with Gasteiger partial charge in [0.05, 0.1) is 12.2 Å². The second kappa shape index (κ2) is 8.69. The van der Waals surface area contributed by atoms with Crippen molar-refractivity contribution in [3.63, 3.8) is 0 Å². The summed E-state index contributed by atoms with van der Waals surface area (Å²) in [6.45, 7) is 3.60. The van der Waals surface area contributed by atoms with Crippen LogP contribution in [0.25, 0.3) is 11.3 Å². The van der Waals surface area contributed by atoms with Gasteiger partial charge in [0.2, 0.25) is 5.91 Å². The Morgan fingerprint density at radius 3 is 2.68 bits per heavy atom. The molecule has 4 rings (SSSR count). The molecule has 0 atom stereocenters. The predicted molar refractivity (Wildman–Crippen MR) is 111 cm³/mol. The molecule has 0 unspecified atom stereocenters. The number of nitrogens with zero attached hydrogens (tertiary/aromatic N) is 2. The summed E-state index contributed by atoms with van der Waals surface area (Å²) in [5.41, 5.74) is 3.00. The number of unbranched alkanes of at least 4 members (excludes halogenated alkanes) is 1. The van der Waals surface area contributed by atoms with E-state index < -0.39 is 0 Å². The smallest absolute Gasteiger partial charge is 0.225 e. The maximum absolute atomic E-state index is 13.2. The van der Waals surface area contributed by atoms with Crippen LogP contribution in [-0.4, -0.2) is 22.5 Å². The summed E-state index contributed by atoms with van der Waals surface area (Å²) >= 11 is 6.01. The van der Waals surface area contributed by atoms with Crippen molar-refractivity contribution < 1.29 is 9.32 Å². The lowest BCUT2D eigenvalue weighted by molar-refractivity contribution is -0.137. The molecule has 1 amide bonds. The molecular weight excluding hydrogens is 372 g/mol. The number of benzene rings is 1. The molecule has 4 nitrogen and oxygen atoms in total. The monoisotopic (exact) mass is 400 g/mol. The zero-order chi connectivity index (χ0) is 19.5. The molecule has 1 aliphatic carbocycles. The molecule has 150 valence electrons. The molecular formula is C23H29ClN2O2. The predicted octanol–water partition coefficient (Wildman–Crippen LogP) is 5.88. The highest BCUT2D eigenvalue weighted by Gasteiger charge is 2.33. The summed E-state index contributed by atoms with van der Waals surface area (Å²) in [6.07, 6.45) is 9.19. The van der Waals surface area contributed by atoms with Gasteiger partial charge in [0, 0.05) is 35.0 Å². The number of carbonyl (C=O) groups excluding carboxylic acids is 1. The zero-order valence-corrected chi connectivity index (χ0v) is 17.4. The van der Waals surface area contributed by atoms with Crippen LogP contribution < -0.4 is 0 Å². The number of hydrogen-bond acceptors (Lipinski definition) is 3. The zero-order valence-electron chi connectivity index (χ0n) is 16.6. The lowest BCUT2D eigenvalue weighted by Crippen LogP contribution is -2.40. The number of aromatic nitrogens is 1. The number of rotatable bonds is 5. The Balaban J connectivity index is 1.42. The molecule has 0 saturated heterocycles. The molecule has 2 heterocycles. The Morgan fingerprint density at radius 2 is 1.96 bits per heavy atom. The summed E-state index contributed by atoms with van der Waals surface area (Å²) in [5, 5.41) is 4.95. The van der Waals surface area contributed by atoms with E-state index in [1.54, 1.807) is 0 Å². The minimum Gasteiger partial charge on any atom is -0.356 e. The Labute approximate surface area is 172 Å². The highest BCUT2D eigenvalue weighted by atomic mass is 35.5. The van der Waals surface area contributed by atoms with Crippen LogP contribution in [0.15, 0.2) is 28.8 Å². The summed E-state index contributed by atoms with van der Waals surface area (Å²) in [4.78, 5) is 15.2. The van der Waals surface area contributed by atoms with Crippen molar-refractivity contribution in [3.05, 3.63) is 40.5 Å². The number of amides is 1. The highest BCUT2D eigenvalue weighted by Crippen LogP contribution is 2.35. The molecule has 2 aromatic rings. The van der Waals surface area contributed by atoms with Crippen LogP contribution in [-0.2, 0) is 17.8 Å². The molecule has 0 bridgehead atoms. The third kappa shape index (κ3) is 4.12. The first-order chi connectivity index (χ1) is 13.7. The molecule has 2 aliphatic rings. The molecule has 1 saturated carbocycles. The summed E-state index contributed by atoms with van der Waals surface area (Å²) < 4.78 is 5.64. The van der Waals surface area contributed by atoms with E-state index in [9.17, 15) is 4.79 Å². The Kier molecular flexibility index (Phi) is 6.05. The Morgan fingerprint density at radius 1 is 1.21 bits per heavy atom. The lowest BCUT2D eigenvalue weighted by atomic mass is 9.79. The second-order valence-electron chi connectivity index (χ2n) is 8.31. The van der Waals surface area contributed by atoms with Gasteiger partial charge in [-0.25, -0.2) is 0 Å². The van der Waals surface area contributed by atoms with Crippen molar-refractivity contribution in [3.8, 4) is 11.3 Å². The van der Waals surface area contributed by atoms with E-state index in [-0.39, 0.29) is 5.92 Å². The number of carbonyl (C=O) groups is 1. The molecule has 1 aromatic carbocycles. The van der Waals surface area contributed by atoms with Gasteiger partial charge in [-0.2, -0.15) is 0 Å². The fraction of sp³-hybridized carbons (Fsp3) is 0.565. The average Bonchev–Trinajstić information content (AvgIpc) is 3.16. The summed E-state index contributed by atoms with van der Waals surface area (Å²) in [6, 6.07) is 7.60. The molecule has 5 heteroatoms. The first-order valence-electron chi connectivity index (χ1n) is 10.7. The van der Waals surface area contributed by atoms with Crippen molar-refractivity contribution in [2.45, 2.75) is 64.8 Å². The van der Waals surface area contributed by atoms with Gasteiger partial charge >= 0.3 is 0 Å². The fourth-order valence-electron chi connectivity index (χ4n) is 4.68. The van der Waals surface area contributed by atoms with E-state index in [2.05, 4.69) is 12.1 Å². The van der Waals surface area contributed by atoms with Gasteiger partial charge in [-0.05, 0) is 55.9 Å². The summed E-state index contributed by atoms with van der Waals surface area (Å²) in [5.74, 6) is 2.11. The molecule has 1 aliphatic heterocycles. The molecule has 0 radical (unpaired) electrons. The first kappa shape index (κ1) is 19.5. The van der Waals surface area contributed by atoms with Crippen molar-refractivity contribution in [1.29, 1.82) is 0 Å². The molecule has 28 heavy (non-hydrogen) atoms. The maximum atomic E-state index is 13.2. The minimum atomic E-state index is 0.193. The van der Waals surface area contributed by atoms with Crippen LogP contribution in [0.2, 0.25) is 5.02 Å². The molecule has 1 aromatic heterocycles. The minimum absolute atomic E-state index is 0.193. The number of halogens is 1. The first-order valence-corrected chi connectivity index (χ1v) is 11.1. The van der Waals surface area contributed by atoms with Crippen LogP contribution in [0.5, 0.6) is 0 Å². The van der Waals surface area contributed by atoms with Crippen LogP contribution in [0, 0.1) is 11.8 Å². The number of fused-ring (bicyclic) bond motifs is 1. The third-order valence-corrected chi connectivity index (χ3v) is 6.67. The van der Waals surface area contributed by atoms with E-state index in [0.29, 0.717) is 17.5 Å². The largest absolute Gasteiger partial charge is 0.356 e. The standard InChI is InChI=1S/C23H29ClN2O2/c1-2-3-4-16-5-7-18(8-6-16)23(27)26-14-13-21-20(15-26)22(28-25-21)17-9-11-19(24)12-10-17/h9-12,16,18H,2-8,13-15H2,1H3. The van der Waals surface area contributed by atoms with Gasteiger partial charge in [-0.15, -0.1) is 0 Å². The van der Waals surface area contributed by atoms with Crippen LogP contribution in [0.4, 0.5) is 0 Å². The van der Waals surface area contributed by atoms with Gasteiger partial charge < -0.3 is 9.42 Å². The van der Waals surface area contributed by atoms with Crippen molar-refractivity contribution in [2.24, 2.45) is 11.8 Å². The lowest BCUT2D eigenvalue weighted by Gasteiger charge is -2.33. The average molecular weight is 401 g/mol. The quantitative estimate of drug-likeness (QED) is 0.629. The molecule has 0 spiro atoms. The van der Waals surface area contributed by atoms with Crippen LogP contribution in [0.1, 0.15) is 63.1 Å². The third-order valence-electron chi connectivity index (χ3n) is 6.42. The van der Waals surface area contributed by atoms with Crippen LogP contribution in [0.3, 0.4) is 0 Å². The SMILES string of the molecule is CCCCC1CCC(C(=O)N2CCc3noc(-c4ccc(Cl)cc4)c3C2)CC1. The topological polar surface area (TPSA) is 46.3 Å². The van der Waals surface area contributed by atoms with Gasteiger partial charge in [0.25, 0.3) is 0 Å². The van der Waals surface area contributed by atoms with E-state index in [4.69, 9.17) is 16.1 Å². The summed E-state index contributed by atoms with van der Waals surface area (Å²) in [7, 11) is 0. The van der Waals surface area contributed by atoms with Gasteiger partial charge in [-0.3, -0.25) is 4.79 Å². The second-order valence-corrected chi connectivity index (χ2v) is 8.75. The van der Waals surface area contributed by atoms with Gasteiger partial charge in [-0.1, -0.05) is 42.9 Å². The number of hydrogen-bond donors (Lipinski definition) is 0. The normalized spacial score (nSPS) is 22.1. The molecule has 0 N–H and O–H groups in total. The van der Waals surface area contributed by atoms with Gasteiger partial charge in [0.15, 0.2) is 5.76 Å². The fourth-order valence-corrected chi connectivity index (χ4v) is 4.80. The van der Waals surface area contributed by atoms with Crippen molar-refractivity contribution in [1.82, 2.24) is 10.1 Å².